The third-order valence-corrected chi connectivity index (χ3v) is 5.92. The van der Waals surface area contributed by atoms with Crippen molar-refractivity contribution in [3.8, 4) is 5.75 Å². The van der Waals surface area contributed by atoms with Gasteiger partial charge in [-0.15, -0.1) is 0 Å². The maximum Gasteiger partial charge on any atom is 0.255 e. The zero-order valence-electron chi connectivity index (χ0n) is 19.7. The van der Waals surface area contributed by atoms with E-state index < -0.39 is 35.9 Å². The van der Waals surface area contributed by atoms with E-state index in [2.05, 4.69) is 16.0 Å². The van der Waals surface area contributed by atoms with Crippen LogP contribution < -0.4 is 20.7 Å². The standard InChI is InChI=1S/C24H34N4O6/c1-15(2)13-18-23(32)25-9-12-34-20-6-4-3-5-17(20)22(31)27-19(14-21(30)26-18)24(33)28-10-7-16(29)8-11-28/h3-6,15-16,18-19,29H,7-14H2,1-2H3,(H,25,32)(H,26,30)(H,27,31)/t18-,19-/m0/s1. The summed E-state index contributed by atoms with van der Waals surface area (Å²) in [5.41, 5.74) is 0.232. The second kappa shape index (κ2) is 11.8. The highest BCUT2D eigenvalue weighted by atomic mass is 16.5. The van der Waals surface area contributed by atoms with Gasteiger partial charge in [0.1, 0.15) is 24.4 Å². The van der Waals surface area contributed by atoms with E-state index in [1.54, 1.807) is 29.2 Å². The minimum Gasteiger partial charge on any atom is -0.491 e. The summed E-state index contributed by atoms with van der Waals surface area (Å²) < 4.78 is 5.73. The van der Waals surface area contributed by atoms with Crippen LogP contribution in [0.4, 0.5) is 0 Å². The summed E-state index contributed by atoms with van der Waals surface area (Å²) in [6, 6.07) is 4.73. The van der Waals surface area contributed by atoms with Gasteiger partial charge in [-0.25, -0.2) is 0 Å². The SMILES string of the molecule is CC(C)C[C@@H]1NC(=O)C[C@@H](C(=O)N2CCC(O)CC2)NC(=O)c2ccccc2OCCNC1=O. The van der Waals surface area contributed by atoms with Gasteiger partial charge >= 0.3 is 0 Å². The predicted molar refractivity (Wildman–Crippen MR) is 124 cm³/mol. The quantitative estimate of drug-likeness (QED) is 0.494. The maximum absolute atomic E-state index is 13.3. The molecule has 10 nitrogen and oxygen atoms in total. The van der Waals surface area contributed by atoms with Crippen LogP contribution in [0.5, 0.6) is 5.75 Å². The van der Waals surface area contributed by atoms with Gasteiger partial charge in [-0.3, -0.25) is 19.2 Å². The molecule has 4 N–H and O–H groups in total. The van der Waals surface area contributed by atoms with Crippen molar-refractivity contribution in [1.29, 1.82) is 0 Å². The number of benzene rings is 1. The van der Waals surface area contributed by atoms with E-state index in [1.165, 1.54) is 0 Å². The molecule has 3 rings (SSSR count). The molecule has 0 aliphatic carbocycles. The van der Waals surface area contributed by atoms with Gasteiger partial charge in [0.15, 0.2) is 0 Å². The van der Waals surface area contributed by atoms with Gasteiger partial charge < -0.3 is 30.7 Å². The number of hydrogen-bond donors (Lipinski definition) is 4. The van der Waals surface area contributed by atoms with Crippen LogP contribution in [0.25, 0.3) is 0 Å². The number of amides is 4. The van der Waals surface area contributed by atoms with E-state index in [4.69, 9.17) is 4.74 Å². The number of nitrogens with zero attached hydrogens (tertiary/aromatic N) is 1. The van der Waals surface area contributed by atoms with Crippen LogP contribution in [0.15, 0.2) is 24.3 Å². The van der Waals surface area contributed by atoms with Crippen molar-refractivity contribution in [3.05, 3.63) is 29.8 Å². The normalized spacial score (nSPS) is 23.2. The predicted octanol–water partition coefficient (Wildman–Crippen LogP) is 0.198. The second-order valence-corrected chi connectivity index (χ2v) is 9.17. The zero-order valence-corrected chi connectivity index (χ0v) is 19.7. The molecule has 34 heavy (non-hydrogen) atoms. The van der Waals surface area contributed by atoms with Crippen LogP contribution in [0.1, 0.15) is 49.9 Å². The number of rotatable bonds is 3. The number of piperidine rings is 1. The highest BCUT2D eigenvalue weighted by molar-refractivity contribution is 6.01. The first-order valence-corrected chi connectivity index (χ1v) is 11.8. The van der Waals surface area contributed by atoms with Crippen LogP contribution in [0.3, 0.4) is 0 Å². The average Bonchev–Trinajstić information content (AvgIpc) is 2.80. The Labute approximate surface area is 199 Å². The number of ether oxygens (including phenoxy) is 1. The number of hydrogen-bond acceptors (Lipinski definition) is 6. The number of aliphatic hydroxyl groups is 1. The van der Waals surface area contributed by atoms with Crippen molar-refractivity contribution in [2.75, 3.05) is 26.2 Å². The lowest BCUT2D eigenvalue weighted by atomic mass is 10.0. The number of carbonyl (C=O) groups excluding carboxylic acids is 4. The van der Waals surface area contributed by atoms with Crippen LogP contribution in [-0.2, 0) is 14.4 Å². The smallest absolute Gasteiger partial charge is 0.255 e. The lowest BCUT2D eigenvalue weighted by molar-refractivity contribution is -0.138. The number of likely N-dealkylation sites (tertiary alicyclic amines) is 1. The Kier molecular flexibility index (Phi) is 8.86. The van der Waals surface area contributed by atoms with Crippen LogP contribution in [-0.4, -0.2) is 78.1 Å². The molecule has 0 unspecified atom stereocenters. The molecule has 0 aromatic heterocycles. The molecule has 2 aliphatic rings. The summed E-state index contributed by atoms with van der Waals surface area (Å²) in [6.07, 6.45) is 0.521. The van der Waals surface area contributed by atoms with E-state index in [0.717, 1.165) is 0 Å². The molecule has 1 saturated heterocycles. The largest absolute Gasteiger partial charge is 0.491 e. The molecule has 0 saturated carbocycles. The number of nitrogens with one attached hydrogen (secondary N) is 3. The number of fused-ring (bicyclic) bond motifs is 1. The fraction of sp³-hybridized carbons (Fsp3) is 0.583. The molecule has 2 heterocycles. The van der Waals surface area contributed by atoms with E-state index in [1.807, 2.05) is 13.8 Å². The minimum absolute atomic E-state index is 0.136. The first-order valence-electron chi connectivity index (χ1n) is 11.8. The third-order valence-electron chi connectivity index (χ3n) is 5.92. The first-order chi connectivity index (χ1) is 16.2. The fourth-order valence-electron chi connectivity index (χ4n) is 4.12. The monoisotopic (exact) mass is 474 g/mol. The summed E-state index contributed by atoms with van der Waals surface area (Å²) in [5, 5.41) is 18.0. The summed E-state index contributed by atoms with van der Waals surface area (Å²) in [7, 11) is 0. The van der Waals surface area contributed by atoms with Crippen LogP contribution in [0, 0.1) is 5.92 Å². The number of carbonyl (C=O) groups is 4. The van der Waals surface area contributed by atoms with E-state index in [-0.39, 0.29) is 37.0 Å². The van der Waals surface area contributed by atoms with Gasteiger partial charge in [0.25, 0.3) is 5.91 Å². The molecule has 10 heteroatoms. The molecule has 2 atom stereocenters. The first kappa shape index (κ1) is 25.5. The Morgan fingerprint density at radius 2 is 1.85 bits per heavy atom. The summed E-state index contributed by atoms with van der Waals surface area (Å²) in [4.78, 5) is 53.5. The van der Waals surface area contributed by atoms with Gasteiger partial charge in [0.2, 0.25) is 17.7 Å². The van der Waals surface area contributed by atoms with Crippen molar-refractivity contribution < 1.29 is 29.0 Å². The van der Waals surface area contributed by atoms with Crippen LogP contribution >= 0.6 is 0 Å². The summed E-state index contributed by atoms with van der Waals surface area (Å²) in [6.45, 7) is 4.92. The van der Waals surface area contributed by atoms with Crippen molar-refractivity contribution in [1.82, 2.24) is 20.9 Å². The molecule has 0 radical (unpaired) electrons. The molecule has 1 aromatic carbocycles. The average molecular weight is 475 g/mol. The van der Waals surface area contributed by atoms with Crippen molar-refractivity contribution in [2.45, 2.75) is 57.7 Å². The Balaban J connectivity index is 1.87. The lowest BCUT2D eigenvalue weighted by Crippen LogP contribution is -2.54. The molecule has 0 bridgehead atoms. The molecular weight excluding hydrogens is 440 g/mol. The Bertz CT molecular complexity index is 897. The summed E-state index contributed by atoms with van der Waals surface area (Å²) >= 11 is 0. The van der Waals surface area contributed by atoms with Gasteiger partial charge in [-0.1, -0.05) is 26.0 Å². The Morgan fingerprint density at radius 3 is 2.56 bits per heavy atom. The van der Waals surface area contributed by atoms with Gasteiger partial charge in [-0.05, 0) is 37.3 Å². The molecule has 2 aliphatic heterocycles. The molecular formula is C24H34N4O6. The lowest BCUT2D eigenvalue weighted by Gasteiger charge is -2.33. The second-order valence-electron chi connectivity index (χ2n) is 9.17. The number of para-hydroxylation sites is 1. The van der Waals surface area contributed by atoms with Gasteiger partial charge in [0, 0.05) is 13.1 Å². The molecule has 4 amide bonds. The highest BCUT2D eigenvalue weighted by Crippen LogP contribution is 2.19. The third kappa shape index (κ3) is 6.93. The number of aliphatic hydroxyl groups excluding tert-OH is 1. The minimum atomic E-state index is -1.12. The molecule has 1 fully saturated rings. The zero-order chi connectivity index (χ0) is 24.7. The topological polar surface area (TPSA) is 137 Å². The Hall–Kier alpha value is -3.14. The van der Waals surface area contributed by atoms with Gasteiger partial charge in [-0.2, -0.15) is 0 Å². The van der Waals surface area contributed by atoms with Crippen molar-refractivity contribution in [3.63, 3.8) is 0 Å². The van der Waals surface area contributed by atoms with E-state index >= 15 is 0 Å². The summed E-state index contributed by atoms with van der Waals surface area (Å²) in [5.74, 6) is -1.29. The highest BCUT2D eigenvalue weighted by Gasteiger charge is 2.32. The molecule has 0 spiro atoms. The van der Waals surface area contributed by atoms with E-state index in [0.29, 0.717) is 38.1 Å². The fourth-order valence-corrected chi connectivity index (χ4v) is 4.12. The molecule has 186 valence electrons. The van der Waals surface area contributed by atoms with Crippen LogP contribution in [0.2, 0.25) is 0 Å². The molecule has 1 aromatic rings. The Morgan fingerprint density at radius 1 is 1.15 bits per heavy atom. The van der Waals surface area contributed by atoms with Crippen molar-refractivity contribution in [2.24, 2.45) is 5.92 Å². The van der Waals surface area contributed by atoms with Gasteiger partial charge in [0.05, 0.1) is 24.6 Å². The van der Waals surface area contributed by atoms with E-state index in [9.17, 15) is 24.3 Å². The maximum atomic E-state index is 13.3. The van der Waals surface area contributed by atoms with Crippen molar-refractivity contribution >= 4 is 23.6 Å².